The third kappa shape index (κ3) is 4.96. The topological polar surface area (TPSA) is 126 Å². The van der Waals surface area contributed by atoms with Gasteiger partial charge in [0.15, 0.2) is 0 Å². The number of phenolic OH excluding ortho intramolecular Hbond substituents is 1. The molecule has 33 heavy (non-hydrogen) atoms. The number of nitrogens with zero attached hydrogens (tertiary/aromatic N) is 4. The molecule has 0 aromatic heterocycles. The van der Waals surface area contributed by atoms with Crippen LogP contribution in [0.5, 0.6) is 5.75 Å². The molecule has 2 aliphatic rings. The predicted molar refractivity (Wildman–Crippen MR) is 124 cm³/mol. The predicted octanol–water partition coefficient (Wildman–Crippen LogP) is 3.33. The van der Waals surface area contributed by atoms with Gasteiger partial charge in [0, 0.05) is 49.0 Å². The van der Waals surface area contributed by atoms with Crippen molar-refractivity contribution in [3.63, 3.8) is 0 Å². The maximum atomic E-state index is 13.1. The molecule has 0 saturated carbocycles. The summed E-state index contributed by atoms with van der Waals surface area (Å²) in [7, 11) is -3.74. The van der Waals surface area contributed by atoms with Crippen LogP contribution in [0.4, 0.5) is 17.1 Å². The molecule has 1 N–H and O–H groups in total. The molecular formula is C21H23ClN4O6S. The lowest BCUT2D eigenvalue weighted by atomic mass is 10.2. The number of sulfonamides is 1. The van der Waals surface area contributed by atoms with Gasteiger partial charge in [0.1, 0.15) is 0 Å². The number of benzene rings is 2. The van der Waals surface area contributed by atoms with Crippen LogP contribution in [-0.4, -0.2) is 68.4 Å². The number of aromatic hydroxyl groups is 1. The fraction of sp³-hybridized carbons (Fsp3) is 0.381. The molecule has 0 unspecified atom stereocenters. The van der Waals surface area contributed by atoms with Crippen LogP contribution in [0.1, 0.15) is 18.4 Å². The largest absolute Gasteiger partial charge is 0.502 e. The third-order valence-electron chi connectivity index (χ3n) is 5.62. The van der Waals surface area contributed by atoms with E-state index >= 15 is 0 Å². The highest BCUT2D eigenvalue weighted by Crippen LogP contribution is 2.36. The average molecular weight is 495 g/mol. The minimum Gasteiger partial charge on any atom is -0.502 e. The fourth-order valence-corrected chi connectivity index (χ4v) is 5.56. The molecule has 2 aliphatic heterocycles. The molecule has 12 heteroatoms. The van der Waals surface area contributed by atoms with Crippen molar-refractivity contribution in [1.82, 2.24) is 4.31 Å². The molecule has 2 heterocycles. The van der Waals surface area contributed by atoms with Gasteiger partial charge in [0.05, 0.1) is 34.4 Å². The number of nitro benzene ring substituents is 1. The zero-order valence-electron chi connectivity index (χ0n) is 17.7. The van der Waals surface area contributed by atoms with Gasteiger partial charge in [-0.3, -0.25) is 15.1 Å². The van der Waals surface area contributed by atoms with Crippen LogP contribution in [0.2, 0.25) is 5.02 Å². The Morgan fingerprint density at radius 3 is 2.48 bits per heavy atom. The molecule has 2 saturated heterocycles. The first kappa shape index (κ1) is 23.4. The lowest BCUT2D eigenvalue weighted by Crippen LogP contribution is -2.40. The van der Waals surface area contributed by atoms with Crippen LogP contribution < -0.4 is 4.90 Å². The highest BCUT2D eigenvalue weighted by atomic mass is 35.5. The molecule has 2 aromatic carbocycles. The number of hydrogen-bond acceptors (Lipinski definition) is 8. The normalized spacial score (nSPS) is 17.7. The number of anilines is 1. The van der Waals surface area contributed by atoms with Crippen molar-refractivity contribution in [1.29, 1.82) is 0 Å². The molecule has 2 aromatic rings. The van der Waals surface area contributed by atoms with Gasteiger partial charge in [0.25, 0.3) is 0 Å². The second-order valence-corrected chi connectivity index (χ2v) is 10.1. The molecule has 0 aliphatic carbocycles. The molecule has 2 fully saturated rings. The summed E-state index contributed by atoms with van der Waals surface area (Å²) in [4.78, 5) is 17.1. The van der Waals surface area contributed by atoms with Crippen LogP contribution in [0.3, 0.4) is 0 Å². The van der Waals surface area contributed by atoms with Gasteiger partial charge in [-0.2, -0.15) is 4.31 Å². The highest BCUT2D eigenvalue weighted by Gasteiger charge is 2.28. The van der Waals surface area contributed by atoms with E-state index in [1.165, 1.54) is 22.7 Å². The van der Waals surface area contributed by atoms with Crippen molar-refractivity contribution in [2.45, 2.75) is 17.7 Å². The van der Waals surface area contributed by atoms with Crippen molar-refractivity contribution in [3.8, 4) is 5.75 Å². The summed E-state index contributed by atoms with van der Waals surface area (Å²) in [5, 5.41) is 21.5. The number of morpholine rings is 1. The standard InChI is InChI=1S/C21H23ClN4O6S/c22-16-11-15(21(27)20(12-16)26(28)29)14-23-18-13-17(3-4-19(18)24-5-1-2-6-24)33(30,31)25-7-9-32-10-8-25/h3-4,11-14,27H,1-2,5-10H2. The van der Waals surface area contributed by atoms with Crippen molar-refractivity contribution in [2.75, 3.05) is 44.3 Å². The summed E-state index contributed by atoms with van der Waals surface area (Å²) < 4.78 is 32.9. The minimum atomic E-state index is -3.74. The smallest absolute Gasteiger partial charge is 0.312 e. The van der Waals surface area contributed by atoms with Crippen LogP contribution >= 0.6 is 11.6 Å². The zero-order valence-corrected chi connectivity index (χ0v) is 19.3. The second kappa shape index (κ2) is 9.64. The van der Waals surface area contributed by atoms with E-state index in [1.54, 1.807) is 12.1 Å². The summed E-state index contributed by atoms with van der Waals surface area (Å²) >= 11 is 5.97. The Morgan fingerprint density at radius 2 is 1.82 bits per heavy atom. The average Bonchev–Trinajstić information content (AvgIpc) is 3.34. The molecule has 10 nitrogen and oxygen atoms in total. The first-order valence-corrected chi connectivity index (χ1v) is 12.3. The van der Waals surface area contributed by atoms with Gasteiger partial charge < -0.3 is 14.7 Å². The Balaban J connectivity index is 1.76. The summed E-state index contributed by atoms with van der Waals surface area (Å²) in [6.45, 7) is 2.84. The number of hydrogen-bond donors (Lipinski definition) is 1. The lowest BCUT2D eigenvalue weighted by Gasteiger charge is -2.27. The van der Waals surface area contributed by atoms with Crippen LogP contribution in [0, 0.1) is 10.1 Å². The minimum absolute atomic E-state index is 0.0583. The van der Waals surface area contributed by atoms with Crippen LogP contribution in [-0.2, 0) is 14.8 Å². The summed E-state index contributed by atoms with van der Waals surface area (Å²) in [5.74, 6) is -0.562. The highest BCUT2D eigenvalue weighted by molar-refractivity contribution is 7.89. The van der Waals surface area contributed by atoms with E-state index in [0.29, 0.717) is 18.9 Å². The molecule has 176 valence electrons. The van der Waals surface area contributed by atoms with E-state index in [9.17, 15) is 23.6 Å². The Bertz CT molecular complexity index is 1190. The van der Waals surface area contributed by atoms with Gasteiger partial charge in [-0.05, 0) is 37.1 Å². The maximum absolute atomic E-state index is 13.1. The Labute approximate surface area is 196 Å². The summed E-state index contributed by atoms with van der Waals surface area (Å²) in [6, 6.07) is 7.20. The van der Waals surface area contributed by atoms with E-state index < -0.39 is 26.4 Å². The van der Waals surface area contributed by atoms with Crippen LogP contribution in [0.25, 0.3) is 0 Å². The molecular weight excluding hydrogens is 472 g/mol. The lowest BCUT2D eigenvalue weighted by molar-refractivity contribution is -0.385. The Hall–Kier alpha value is -2.73. The maximum Gasteiger partial charge on any atom is 0.312 e. The Morgan fingerprint density at radius 1 is 1.12 bits per heavy atom. The van der Waals surface area contributed by atoms with Gasteiger partial charge in [-0.1, -0.05) is 11.6 Å². The van der Waals surface area contributed by atoms with Crippen molar-refractivity contribution < 1.29 is 23.2 Å². The molecule has 0 atom stereocenters. The van der Waals surface area contributed by atoms with E-state index in [-0.39, 0.29) is 28.6 Å². The fourth-order valence-electron chi connectivity index (χ4n) is 3.91. The van der Waals surface area contributed by atoms with Crippen molar-refractivity contribution >= 4 is 44.9 Å². The van der Waals surface area contributed by atoms with E-state index in [0.717, 1.165) is 37.7 Å². The van der Waals surface area contributed by atoms with Crippen LogP contribution in [0.15, 0.2) is 40.2 Å². The number of rotatable bonds is 6. The van der Waals surface area contributed by atoms with Crippen molar-refractivity contribution in [3.05, 3.63) is 51.0 Å². The molecule has 4 rings (SSSR count). The van der Waals surface area contributed by atoms with E-state index in [2.05, 4.69) is 9.89 Å². The third-order valence-corrected chi connectivity index (χ3v) is 7.74. The molecule has 0 radical (unpaired) electrons. The van der Waals surface area contributed by atoms with E-state index in [4.69, 9.17) is 16.3 Å². The molecule has 0 amide bonds. The quantitative estimate of drug-likeness (QED) is 0.371. The zero-order chi connectivity index (χ0) is 23.6. The number of nitro groups is 1. The van der Waals surface area contributed by atoms with Gasteiger partial charge in [0.2, 0.25) is 15.8 Å². The second-order valence-electron chi connectivity index (χ2n) is 7.74. The number of ether oxygens (including phenoxy) is 1. The number of phenols is 1. The van der Waals surface area contributed by atoms with E-state index in [1.807, 2.05) is 0 Å². The first-order valence-electron chi connectivity index (χ1n) is 10.5. The number of halogens is 1. The van der Waals surface area contributed by atoms with Gasteiger partial charge >= 0.3 is 5.69 Å². The van der Waals surface area contributed by atoms with Crippen molar-refractivity contribution in [2.24, 2.45) is 4.99 Å². The molecule has 0 spiro atoms. The Kier molecular flexibility index (Phi) is 6.84. The van der Waals surface area contributed by atoms with Gasteiger partial charge in [-0.25, -0.2) is 8.42 Å². The van der Waals surface area contributed by atoms with Gasteiger partial charge in [-0.15, -0.1) is 0 Å². The number of aliphatic imine (C=N–C) groups is 1. The SMILES string of the molecule is O=[N+]([O-])c1cc(Cl)cc(C=Nc2cc(S(=O)(=O)N3CCOCC3)ccc2N2CCCC2)c1O. The first-order chi connectivity index (χ1) is 15.8. The monoisotopic (exact) mass is 494 g/mol. The summed E-state index contributed by atoms with van der Waals surface area (Å²) in [6.07, 6.45) is 3.28. The summed E-state index contributed by atoms with van der Waals surface area (Å²) in [5.41, 5.74) is 0.657. The molecule has 0 bridgehead atoms.